The Balaban J connectivity index is 2.54. The van der Waals surface area contributed by atoms with Gasteiger partial charge in [-0.3, -0.25) is 0 Å². The highest BCUT2D eigenvalue weighted by Gasteiger charge is 2.23. The normalized spacial score (nSPS) is 11.8. The summed E-state index contributed by atoms with van der Waals surface area (Å²) in [5.74, 6) is 0.683. The summed E-state index contributed by atoms with van der Waals surface area (Å²) in [5, 5.41) is 19.2. The van der Waals surface area contributed by atoms with Gasteiger partial charge in [0.05, 0.1) is 5.60 Å². The third-order valence-electron chi connectivity index (χ3n) is 2.56. The van der Waals surface area contributed by atoms with E-state index >= 15 is 0 Å². The van der Waals surface area contributed by atoms with Gasteiger partial charge in [-0.1, -0.05) is 36.9 Å². The third kappa shape index (κ3) is 3.61. The Labute approximate surface area is 105 Å². The first kappa shape index (κ1) is 13.7. The molecular formula is C10H19N3OS2. The van der Waals surface area contributed by atoms with E-state index in [1.165, 1.54) is 0 Å². The fraction of sp³-hybridized carbons (Fsp3) is 0.800. The van der Waals surface area contributed by atoms with Crippen LogP contribution in [0.15, 0.2) is 4.34 Å². The summed E-state index contributed by atoms with van der Waals surface area (Å²) in [6, 6.07) is 0. The van der Waals surface area contributed by atoms with Crippen LogP contribution in [0.2, 0.25) is 0 Å². The van der Waals surface area contributed by atoms with E-state index in [1.54, 1.807) is 23.1 Å². The van der Waals surface area contributed by atoms with E-state index < -0.39 is 5.60 Å². The fourth-order valence-corrected chi connectivity index (χ4v) is 3.13. The van der Waals surface area contributed by atoms with Crippen LogP contribution in [0.5, 0.6) is 0 Å². The summed E-state index contributed by atoms with van der Waals surface area (Å²) in [6.45, 7) is 4.02. The van der Waals surface area contributed by atoms with Gasteiger partial charge in [0.1, 0.15) is 0 Å². The minimum atomic E-state index is -0.575. The molecule has 0 aliphatic rings. The van der Waals surface area contributed by atoms with E-state index in [-0.39, 0.29) is 0 Å². The maximum Gasteiger partial charge on any atom is 0.208 e. The molecule has 0 aromatic carbocycles. The van der Waals surface area contributed by atoms with E-state index in [1.807, 2.05) is 32.8 Å². The van der Waals surface area contributed by atoms with Gasteiger partial charge in [-0.25, -0.2) is 0 Å². The third-order valence-corrected chi connectivity index (χ3v) is 5.06. The quantitative estimate of drug-likeness (QED) is 0.796. The number of aromatic nitrogens is 2. The van der Waals surface area contributed by atoms with Crippen LogP contribution < -0.4 is 4.90 Å². The largest absolute Gasteiger partial charge is 0.389 e. The summed E-state index contributed by atoms with van der Waals surface area (Å²) in [7, 11) is 3.90. The van der Waals surface area contributed by atoms with Gasteiger partial charge in [-0.2, -0.15) is 0 Å². The molecule has 0 saturated heterocycles. The number of nitrogens with zero attached hydrogens (tertiary/aromatic N) is 3. The van der Waals surface area contributed by atoms with Crippen LogP contribution in [0.25, 0.3) is 0 Å². The summed E-state index contributed by atoms with van der Waals surface area (Å²) in [4.78, 5) is 1.94. The van der Waals surface area contributed by atoms with E-state index in [2.05, 4.69) is 10.2 Å². The molecule has 92 valence electrons. The first-order valence-corrected chi connectivity index (χ1v) is 7.17. The highest BCUT2D eigenvalue weighted by molar-refractivity contribution is 8.01. The van der Waals surface area contributed by atoms with Gasteiger partial charge in [-0.15, -0.1) is 10.2 Å². The van der Waals surface area contributed by atoms with Crippen LogP contribution in [0, 0.1) is 0 Å². The maximum absolute atomic E-state index is 10.1. The number of rotatable bonds is 6. The molecule has 1 rings (SSSR count). The molecule has 6 heteroatoms. The van der Waals surface area contributed by atoms with Crippen LogP contribution in [-0.2, 0) is 0 Å². The van der Waals surface area contributed by atoms with Gasteiger partial charge >= 0.3 is 0 Å². The Morgan fingerprint density at radius 2 is 1.94 bits per heavy atom. The average Bonchev–Trinajstić information content (AvgIpc) is 2.75. The number of hydrogen-bond acceptors (Lipinski definition) is 6. The van der Waals surface area contributed by atoms with Gasteiger partial charge in [0.15, 0.2) is 4.34 Å². The molecule has 0 fully saturated rings. The molecule has 4 nitrogen and oxygen atoms in total. The number of aliphatic hydroxyl groups is 1. The minimum Gasteiger partial charge on any atom is -0.389 e. The first-order chi connectivity index (χ1) is 7.50. The monoisotopic (exact) mass is 261 g/mol. The lowest BCUT2D eigenvalue weighted by atomic mass is 10.0. The zero-order valence-electron chi connectivity index (χ0n) is 10.2. The van der Waals surface area contributed by atoms with Crippen LogP contribution in [0.1, 0.15) is 26.7 Å². The lowest BCUT2D eigenvalue weighted by molar-refractivity contribution is 0.0572. The lowest BCUT2D eigenvalue weighted by Gasteiger charge is -2.23. The second kappa shape index (κ2) is 5.84. The van der Waals surface area contributed by atoms with E-state index in [4.69, 9.17) is 0 Å². The molecule has 0 aliphatic carbocycles. The summed E-state index contributed by atoms with van der Waals surface area (Å²) in [5.41, 5.74) is -0.575. The predicted molar refractivity (Wildman–Crippen MR) is 70.5 cm³/mol. The molecule has 0 amide bonds. The Bertz CT molecular complexity index is 324. The first-order valence-electron chi connectivity index (χ1n) is 5.36. The highest BCUT2D eigenvalue weighted by atomic mass is 32.2. The minimum absolute atomic E-state index is 0.575. The zero-order valence-corrected chi connectivity index (χ0v) is 11.9. The maximum atomic E-state index is 10.1. The fourth-order valence-electron chi connectivity index (χ4n) is 1.09. The molecule has 1 aromatic heterocycles. The molecule has 0 saturated carbocycles. The highest BCUT2D eigenvalue weighted by Crippen LogP contribution is 2.31. The number of thioether (sulfide) groups is 1. The predicted octanol–water partition coefficient (Wildman–Crippen LogP) is 2.25. The smallest absolute Gasteiger partial charge is 0.208 e. The molecule has 0 radical (unpaired) electrons. The molecule has 0 unspecified atom stereocenters. The Kier molecular flexibility index (Phi) is 5.01. The Morgan fingerprint density at radius 1 is 1.31 bits per heavy atom. The van der Waals surface area contributed by atoms with Crippen LogP contribution in [0.4, 0.5) is 5.13 Å². The van der Waals surface area contributed by atoms with Gasteiger partial charge in [0.25, 0.3) is 0 Å². The Hall–Kier alpha value is -0.330. The average molecular weight is 261 g/mol. The van der Waals surface area contributed by atoms with E-state index in [9.17, 15) is 5.11 Å². The molecule has 0 atom stereocenters. The molecule has 0 bridgehead atoms. The molecule has 1 heterocycles. The van der Waals surface area contributed by atoms with Crippen molar-refractivity contribution in [2.75, 3.05) is 24.7 Å². The van der Waals surface area contributed by atoms with Crippen LogP contribution in [0.3, 0.4) is 0 Å². The summed E-state index contributed by atoms with van der Waals surface area (Å²) in [6.07, 6.45) is 1.55. The standard InChI is InChI=1S/C10H19N3OS2/c1-5-10(14,6-2)7-15-9-12-11-8(16-9)13(3)4/h14H,5-7H2,1-4H3. The van der Waals surface area contributed by atoms with Crippen LogP contribution >= 0.6 is 23.1 Å². The van der Waals surface area contributed by atoms with Crippen molar-refractivity contribution in [3.05, 3.63) is 0 Å². The molecule has 16 heavy (non-hydrogen) atoms. The van der Waals surface area contributed by atoms with E-state index in [0.29, 0.717) is 5.75 Å². The SMILES string of the molecule is CCC(O)(CC)CSc1nnc(N(C)C)s1. The summed E-state index contributed by atoms with van der Waals surface area (Å²) >= 11 is 3.14. The van der Waals surface area contributed by atoms with E-state index in [0.717, 1.165) is 22.3 Å². The van der Waals surface area contributed by atoms with Crippen molar-refractivity contribution in [1.29, 1.82) is 0 Å². The molecule has 0 aliphatic heterocycles. The van der Waals surface area contributed by atoms with Crippen molar-refractivity contribution in [3.8, 4) is 0 Å². The van der Waals surface area contributed by atoms with Crippen molar-refractivity contribution in [3.63, 3.8) is 0 Å². The van der Waals surface area contributed by atoms with Crippen molar-refractivity contribution >= 4 is 28.2 Å². The number of hydrogen-bond donors (Lipinski definition) is 1. The van der Waals surface area contributed by atoms with Crippen LogP contribution in [-0.4, -0.2) is 40.8 Å². The molecule has 0 spiro atoms. The van der Waals surface area contributed by atoms with Crippen molar-refractivity contribution in [1.82, 2.24) is 10.2 Å². The summed E-state index contributed by atoms with van der Waals surface area (Å²) < 4.78 is 0.920. The van der Waals surface area contributed by atoms with Crippen molar-refractivity contribution in [2.45, 2.75) is 36.6 Å². The zero-order chi connectivity index (χ0) is 12.2. The lowest BCUT2D eigenvalue weighted by Crippen LogP contribution is -2.29. The Morgan fingerprint density at radius 3 is 2.38 bits per heavy atom. The van der Waals surface area contributed by atoms with Crippen molar-refractivity contribution < 1.29 is 5.11 Å². The second-order valence-corrected chi connectivity index (χ2v) is 6.14. The molecular weight excluding hydrogens is 242 g/mol. The second-order valence-electron chi connectivity index (χ2n) is 3.97. The van der Waals surface area contributed by atoms with Gasteiger partial charge in [0.2, 0.25) is 5.13 Å². The van der Waals surface area contributed by atoms with Gasteiger partial charge in [0, 0.05) is 19.8 Å². The van der Waals surface area contributed by atoms with Crippen molar-refractivity contribution in [2.24, 2.45) is 0 Å². The van der Waals surface area contributed by atoms with Gasteiger partial charge < -0.3 is 10.0 Å². The molecule has 1 N–H and O–H groups in total. The number of anilines is 1. The topological polar surface area (TPSA) is 49.3 Å². The van der Waals surface area contributed by atoms with Gasteiger partial charge in [-0.05, 0) is 12.8 Å². The molecule has 1 aromatic rings.